The van der Waals surface area contributed by atoms with E-state index in [1.54, 1.807) is 12.3 Å². The van der Waals surface area contributed by atoms with E-state index >= 15 is 0 Å². The molecule has 0 radical (unpaired) electrons. The molecule has 0 aliphatic carbocycles. The average molecular weight is 512 g/mol. The Morgan fingerprint density at radius 3 is 2.45 bits per heavy atom. The number of aliphatic imine (C=N–C) groups is 1. The number of hydrogen-bond acceptors (Lipinski definition) is 4. The summed E-state index contributed by atoms with van der Waals surface area (Å²) < 4.78 is 14.0. The summed E-state index contributed by atoms with van der Waals surface area (Å²) in [5.41, 5.74) is 0.686. The molecule has 0 saturated carbocycles. The third-order valence-corrected chi connectivity index (χ3v) is 4.84. The molecular weight excluding hydrogens is 482 g/mol. The number of para-hydroxylation sites is 1. The molecule has 1 aromatic heterocycles. The van der Waals surface area contributed by atoms with Crippen molar-refractivity contribution in [3.05, 3.63) is 54.5 Å². The molecule has 1 saturated heterocycles. The van der Waals surface area contributed by atoms with Crippen molar-refractivity contribution in [2.24, 2.45) is 4.99 Å². The molecule has 3 rings (SSSR count). The monoisotopic (exact) mass is 512 g/mol. The lowest BCUT2D eigenvalue weighted by molar-refractivity contribution is 0.370. The standard InChI is InChI=1S/C21H29FN6.HI/c1-23-21(26-13-7-6-12-25-20-10-4-5-11-24-20)28-16-14-27(15-17-28)19-9-3-2-8-18(19)22;/h2-5,8-11H,6-7,12-17H2,1H3,(H,23,26)(H,24,25);1H. The largest absolute Gasteiger partial charge is 0.370 e. The van der Waals surface area contributed by atoms with Gasteiger partial charge in [-0.2, -0.15) is 0 Å². The number of nitrogens with one attached hydrogen (secondary N) is 2. The number of hydrogen-bond donors (Lipinski definition) is 2. The molecule has 0 amide bonds. The summed E-state index contributed by atoms with van der Waals surface area (Å²) >= 11 is 0. The van der Waals surface area contributed by atoms with Crippen LogP contribution in [0, 0.1) is 5.82 Å². The van der Waals surface area contributed by atoms with Crippen LogP contribution in [-0.4, -0.2) is 62.2 Å². The van der Waals surface area contributed by atoms with Crippen molar-refractivity contribution < 1.29 is 4.39 Å². The minimum absolute atomic E-state index is 0. The number of unbranched alkanes of at least 4 members (excludes halogenated alkanes) is 1. The van der Waals surface area contributed by atoms with Crippen LogP contribution in [0.5, 0.6) is 0 Å². The summed E-state index contributed by atoms with van der Waals surface area (Å²) in [5, 5.41) is 6.76. The van der Waals surface area contributed by atoms with Gasteiger partial charge in [0.2, 0.25) is 0 Å². The smallest absolute Gasteiger partial charge is 0.193 e. The highest BCUT2D eigenvalue weighted by atomic mass is 127. The van der Waals surface area contributed by atoms with Crippen LogP contribution in [0.4, 0.5) is 15.9 Å². The van der Waals surface area contributed by atoms with Gasteiger partial charge in [-0.05, 0) is 37.1 Å². The van der Waals surface area contributed by atoms with E-state index in [9.17, 15) is 4.39 Å². The highest BCUT2D eigenvalue weighted by Crippen LogP contribution is 2.20. The number of nitrogens with zero attached hydrogens (tertiary/aromatic N) is 4. The highest BCUT2D eigenvalue weighted by Gasteiger charge is 2.21. The van der Waals surface area contributed by atoms with Crippen molar-refractivity contribution in [1.82, 2.24) is 15.2 Å². The maximum atomic E-state index is 14.0. The van der Waals surface area contributed by atoms with E-state index in [-0.39, 0.29) is 29.8 Å². The van der Waals surface area contributed by atoms with Crippen molar-refractivity contribution in [3.8, 4) is 0 Å². The first kappa shape index (κ1) is 23.2. The van der Waals surface area contributed by atoms with Crippen LogP contribution in [0.1, 0.15) is 12.8 Å². The lowest BCUT2D eigenvalue weighted by Gasteiger charge is -2.37. The molecule has 8 heteroatoms. The van der Waals surface area contributed by atoms with E-state index < -0.39 is 0 Å². The van der Waals surface area contributed by atoms with Crippen molar-refractivity contribution in [1.29, 1.82) is 0 Å². The fourth-order valence-electron chi connectivity index (χ4n) is 3.33. The quantitative estimate of drug-likeness (QED) is 0.258. The number of rotatable bonds is 7. The Morgan fingerprint density at radius 1 is 1.03 bits per heavy atom. The molecule has 1 fully saturated rings. The van der Waals surface area contributed by atoms with Crippen molar-refractivity contribution in [2.45, 2.75) is 12.8 Å². The Kier molecular flexibility index (Phi) is 9.96. The van der Waals surface area contributed by atoms with Gasteiger partial charge in [0, 0.05) is 52.5 Å². The fourth-order valence-corrected chi connectivity index (χ4v) is 3.33. The Morgan fingerprint density at radius 2 is 1.76 bits per heavy atom. The summed E-state index contributed by atoms with van der Waals surface area (Å²) in [6, 6.07) is 12.8. The Bertz CT molecular complexity index is 750. The van der Waals surface area contributed by atoms with Crippen LogP contribution in [-0.2, 0) is 0 Å². The van der Waals surface area contributed by atoms with Crippen LogP contribution in [0.2, 0.25) is 0 Å². The molecule has 2 heterocycles. The second-order valence-corrected chi connectivity index (χ2v) is 6.75. The Balaban J connectivity index is 0.00000300. The van der Waals surface area contributed by atoms with Gasteiger partial charge in [-0.15, -0.1) is 24.0 Å². The molecule has 2 N–H and O–H groups in total. The number of benzene rings is 1. The molecule has 0 spiro atoms. The van der Waals surface area contributed by atoms with Crippen LogP contribution in [0.25, 0.3) is 0 Å². The zero-order valence-corrected chi connectivity index (χ0v) is 19.2. The predicted molar refractivity (Wildman–Crippen MR) is 129 cm³/mol. The predicted octanol–water partition coefficient (Wildman–Crippen LogP) is 3.43. The number of guanidine groups is 1. The summed E-state index contributed by atoms with van der Waals surface area (Å²) in [5.74, 6) is 1.68. The number of anilines is 2. The molecule has 29 heavy (non-hydrogen) atoms. The minimum Gasteiger partial charge on any atom is -0.370 e. The van der Waals surface area contributed by atoms with E-state index in [1.165, 1.54) is 6.07 Å². The van der Waals surface area contributed by atoms with Gasteiger partial charge in [-0.3, -0.25) is 4.99 Å². The van der Waals surface area contributed by atoms with Crippen molar-refractivity contribution in [2.75, 3.05) is 56.5 Å². The molecule has 6 nitrogen and oxygen atoms in total. The summed E-state index contributed by atoms with van der Waals surface area (Å²) in [6.45, 7) is 5.01. The van der Waals surface area contributed by atoms with Crippen molar-refractivity contribution in [3.63, 3.8) is 0 Å². The van der Waals surface area contributed by atoms with Gasteiger partial charge in [0.25, 0.3) is 0 Å². The van der Waals surface area contributed by atoms with Gasteiger partial charge < -0.3 is 20.4 Å². The minimum atomic E-state index is -0.155. The molecule has 0 bridgehead atoms. The second-order valence-electron chi connectivity index (χ2n) is 6.75. The summed E-state index contributed by atoms with van der Waals surface area (Å²) in [7, 11) is 1.81. The first-order valence-electron chi connectivity index (χ1n) is 9.88. The molecule has 0 atom stereocenters. The molecule has 1 aliphatic rings. The molecule has 1 aliphatic heterocycles. The van der Waals surface area contributed by atoms with Gasteiger partial charge in [0.1, 0.15) is 11.6 Å². The first-order chi connectivity index (χ1) is 13.8. The van der Waals surface area contributed by atoms with Gasteiger partial charge in [-0.1, -0.05) is 18.2 Å². The van der Waals surface area contributed by atoms with E-state index in [4.69, 9.17) is 0 Å². The molecule has 158 valence electrons. The average Bonchev–Trinajstić information content (AvgIpc) is 2.75. The van der Waals surface area contributed by atoms with Gasteiger partial charge >= 0.3 is 0 Å². The number of aromatic nitrogens is 1. The van der Waals surface area contributed by atoms with E-state index in [1.807, 2.05) is 37.4 Å². The lowest BCUT2D eigenvalue weighted by Crippen LogP contribution is -2.52. The van der Waals surface area contributed by atoms with E-state index in [0.29, 0.717) is 5.69 Å². The van der Waals surface area contributed by atoms with Crippen LogP contribution < -0.4 is 15.5 Å². The zero-order valence-electron chi connectivity index (χ0n) is 16.9. The highest BCUT2D eigenvalue weighted by molar-refractivity contribution is 14.0. The molecule has 1 aromatic carbocycles. The van der Waals surface area contributed by atoms with Crippen LogP contribution in [0.15, 0.2) is 53.7 Å². The molecular formula is C21H30FIN6. The Labute approximate surface area is 189 Å². The summed E-state index contributed by atoms with van der Waals surface area (Å²) in [6.07, 6.45) is 3.90. The normalized spacial score (nSPS) is 14.3. The van der Waals surface area contributed by atoms with Gasteiger partial charge in [-0.25, -0.2) is 9.37 Å². The fraction of sp³-hybridized carbons (Fsp3) is 0.429. The van der Waals surface area contributed by atoms with Crippen LogP contribution in [0.3, 0.4) is 0 Å². The molecule has 0 unspecified atom stereocenters. The second kappa shape index (κ2) is 12.5. The maximum Gasteiger partial charge on any atom is 0.193 e. The summed E-state index contributed by atoms with van der Waals surface area (Å²) in [4.78, 5) is 13.0. The molecule has 2 aromatic rings. The van der Waals surface area contributed by atoms with Crippen LogP contribution >= 0.6 is 24.0 Å². The van der Waals surface area contributed by atoms with Gasteiger partial charge in [0.05, 0.1) is 5.69 Å². The number of piperazine rings is 1. The topological polar surface area (TPSA) is 55.8 Å². The maximum absolute atomic E-state index is 14.0. The van der Waals surface area contributed by atoms with Gasteiger partial charge in [0.15, 0.2) is 5.96 Å². The van der Waals surface area contributed by atoms with E-state index in [2.05, 4.69) is 30.4 Å². The number of halogens is 2. The van der Waals surface area contributed by atoms with Crippen molar-refractivity contribution >= 4 is 41.4 Å². The first-order valence-corrected chi connectivity index (χ1v) is 9.88. The zero-order chi connectivity index (χ0) is 19.6. The third kappa shape index (κ3) is 7.02. The lowest BCUT2D eigenvalue weighted by atomic mass is 10.2. The number of pyridine rings is 1. The Hall–Kier alpha value is -2.10. The van der Waals surface area contributed by atoms with E-state index in [0.717, 1.165) is 63.9 Å². The SMILES string of the molecule is CN=C(NCCCCNc1ccccn1)N1CCN(c2ccccc2F)CC1.I. The third-order valence-electron chi connectivity index (χ3n) is 4.84.